The van der Waals surface area contributed by atoms with Gasteiger partial charge in [-0.2, -0.15) is 11.8 Å². The molecule has 11 heteroatoms. The van der Waals surface area contributed by atoms with E-state index in [9.17, 15) is 9.59 Å². The fourth-order valence-electron chi connectivity index (χ4n) is 2.53. The predicted octanol–water partition coefficient (Wildman–Crippen LogP) is -3.82. The lowest BCUT2D eigenvalue weighted by molar-refractivity contribution is -0.146. The fourth-order valence-corrected chi connectivity index (χ4v) is 4.09. The van der Waals surface area contributed by atoms with Crippen LogP contribution < -0.4 is 39.3 Å². The summed E-state index contributed by atoms with van der Waals surface area (Å²) >= 11 is 1.60. The molecule has 0 saturated carbocycles. The highest BCUT2D eigenvalue weighted by atomic mass is 32.2. The Bertz CT molecular complexity index is 458. The minimum atomic E-state index is -2.35. The van der Waals surface area contributed by atoms with E-state index >= 15 is 0 Å². The summed E-state index contributed by atoms with van der Waals surface area (Å²) in [6.45, 7) is 0. The van der Waals surface area contributed by atoms with Gasteiger partial charge in [-0.1, -0.05) is 0 Å². The third-order valence-electron chi connectivity index (χ3n) is 4.11. The zero-order chi connectivity index (χ0) is 16.0. The molecule has 2 aliphatic heterocycles. The highest BCUT2D eigenvalue weighted by Gasteiger charge is 2.52. The molecule has 13 N–H and O–H groups in total. The zero-order valence-corrected chi connectivity index (χ0v) is 12.1. The fraction of sp³-hybridized carbons (Fsp3) is 0.800. The molecular formula is C10H21N7O3S. The van der Waals surface area contributed by atoms with Crippen molar-refractivity contribution in [3.05, 3.63) is 0 Å². The van der Waals surface area contributed by atoms with Crippen molar-refractivity contribution in [3.63, 3.8) is 0 Å². The number of carbonyl (C=O) groups excluding carboxylic acids is 1. The second-order valence-electron chi connectivity index (χ2n) is 5.57. The Morgan fingerprint density at radius 2 is 2.00 bits per heavy atom. The van der Waals surface area contributed by atoms with Crippen molar-refractivity contribution in [2.45, 2.75) is 41.1 Å². The van der Waals surface area contributed by atoms with Gasteiger partial charge in [0.05, 0.1) is 12.1 Å². The standard InChI is InChI=1S/C10H21N7O3S/c11-5(9(12,13)10(14,15)7(18)19)1-4-6-3(2-21-4)16-8(20)17-6/h3-6H,1-2,11-15H2,(H,18,19)(H2,16,17,20)/t3-,4-,5?,6-/m0/s1. The van der Waals surface area contributed by atoms with Gasteiger partial charge >= 0.3 is 12.0 Å². The first kappa shape index (κ1) is 16.3. The van der Waals surface area contributed by atoms with Gasteiger partial charge in [0.1, 0.15) is 5.66 Å². The summed E-state index contributed by atoms with van der Waals surface area (Å²) in [4.78, 5) is 22.4. The number of fused-ring (bicyclic) bond motifs is 1. The number of carboxylic acids is 1. The van der Waals surface area contributed by atoms with E-state index < -0.39 is 23.3 Å². The Morgan fingerprint density at radius 3 is 2.57 bits per heavy atom. The summed E-state index contributed by atoms with van der Waals surface area (Å²) in [6.07, 6.45) is 0.282. The molecule has 21 heavy (non-hydrogen) atoms. The molecule has 0 aromatic rings. The summed E-state index contributed by atoms with van der Waals surface area (Å²) in [5.74, 6) is -0.797. The number of urea groups is 1. The predicted molar refractivity (Wildman–Crippen MR) is 77.9 cm³/mol. The first-order chi connectivity index (χ1) is 9.57. The number of nitrogens with one attached hydrogen (secondary N) is 2. The van der Waals surface area contributed by atoms with Gasteiger partial charge in [-0.15, -0.1) is 0 Å². The minimum absolute atomic E-state index is 0.0182. The molecule has 0 aromatic carbocycles. The average molecular weight is 319 g/mol. The molecule has 0 spiro atoms. The lowest BCUT2D eigenvalue weighted by Gasteiger charge is -2.41. The Hall–Kier alpha value is -1.11. The quantitative estimate of drug-likeness (QED) is 0.184. The maximum absolute atomic E-state index is 11.3. The van der Waals surface area contributed by atoms with Gasteiger partial charge < -0.3 is 44.4 Å². The molecule has 4 atom stereocenters. The van der Waals surface area contributed by atoms with Crippen LogP contribution in [0, 0.1) is 0 Å². The minimum Gasteiger partial charge on any atom is -0.479 e. The van der Waals surface area contributed by atoms with Gasteiger partial charge in [0.25, 0.3) is 0 Å². The van der Waals surface area contributed by atoms with E-state index in [2.05, 4.69) is 10.6 Å². The number of hydrogen-bond donors (Lipinski definition) is 8. The van der Waals surface area contributed by atoms with E-state index in [1.807, 2.05) is 0 Å². The summed E-state index contributed by atoms with van der Waals surface area (Å²) in [5.41, 5.74) is 24.2. The van der Waals surface area contributed by atoms with Crippen molar-refractivity contribution in [1.29, 1.82) is 0 Å². The Balaban J connectivity index is 2.06. The molecule has 2 rings (SSSR count). The van der Waals surface area contributed by atoms with Gasteiger partial charge in [0, 0.05) is 17.0 Å². The van der Waals surface area contributed by atoms with Crippen molar-refractivity contribution in [3.8, 4) is 0 Å². The van der Waals surface area contributed by atoms with Gasteiger partial charge in [0.15, 0.2) is 5.66 Å². The van der Waals surface area contributed by atoms with Crippen LogP contribution in [-0.2, 0) is 4.79 Å². The summed E-state index contributed by atoms with van der Waals surface area (Å²) in [5, 5.41) is 14.6. The Morgan fingerprint density at radius 1 is 1.38 bits per heavy atom. The topological polar surface area (TPSA) is 209 Å². The number of carboxylic acid groups (broad SMARTS) is 1. The van der Waals surface area contributed by atoms with Crippen LogP contribution >= 0.6 is 11.8 Å². The van der Waals surface area contributed by atoms with Crippen LogP contribution in [0.15, 0.2) is 0 Å². The number of aliphatic carboxylic acids is 1. The van der Waals surface area contributed by atoms with Crippen LogP contribution in [0.1, 0.15) is 6.42 Å². The molecular weight excluding hydrogens is 298 g/mol. The Kier molecular flexibility index (Phi) is 4.08. The number of hydrogen-bond acceptors (Lipinski definition) is 8. The van der Waals surface area contributed by atoms with Crippen molar-refractivity contribution in [1.82, 2.24) is 10.6 Å². The van der Waals surface area contributed by atoms with E-state index in [1.165, 1.54) is 0 Å². The van der Waals surface area contributed by atoms with E-state index in [0.29, 0.717) is 0 Å². The number of nitrogens with two attached hydrogens (primary N) is 5. The van der Waals surface area contributed by atoms with Crippen LogP contribution in [0.2, 0.25) is 0 Å². The molecule has 2 aliphatic rings. The molecule has 2 saturated heterocycles. The zero-order valence-electron chi connectivity index (χ0n) is 11.3. The maximum atomic E-state index is 11.3. The molecule has 120 valence electrons. The van der Waals surface area contributed by atoms with Crippen LogP contribution in [0.3, 0.4) is 0 Å². The van der Waals surface area contributed by atoms with E-state index in [4.69, 9.17) is 33.8 Å². The third kappa shape index (κ3) is 2.67. The van der Waals surface area contributed by atoms with Gasteiger partial charge in [-0.05, 0) is 6.42 Å². The number of amides is 2. The molecule has 0 aromatic heterocycles. The summed E-state index contributed by atoms with van der Waals surface area (Å²) in [6, 6.07) is -1.26. The molecule has 10 nitrogen and oxygen atoms in total. The molecule has 1 unspecified atom stereocenters. The maximum Gasteiger partial charge on any atom is 0.341 e. The second kappa shape index (κ2) is 5.26. The van der Waals surface area contributed by atoms with Crippen LogP contribution in [-0.4, -0.2) is 57.6 Å². The molecule has 0 radical (unpaired) electrons. The Labute approximate surface area is 125 Å². The van der Waals surface area contributed by atoms with E-state index in [-0.39, 0.29) is 29.8 Å². The molecule has 0 aliphatic carbocycles. The molecule has 0 bridgehead atoms. The number of thioether (sulfide) groups is 1. The molecule has 2 amide bonds. The highest BCUT2D eigenvalue weighted by molar-refractivity contribution is 8.00. The summed E-state index contributed by atoms with van der Waals surface area (Å²) < 4.78 is 0. The van der Waals surface area contributed by atoms with Crippen molar-refractivity contribution < 1.29 is 14.7 Å². The smallest absolute Gasteiger partial charge is 0.341 e. The highest BCUT2D eigenvalue weighted by Crippen LogP contribution is 2.33. The normalized spacial score (nSPS) is 30.5. The second-order valence-corrected chi connectivity index (χ2v) is 6.84. The van der Waals surface area contributed by atoms with Crippen LogP contribution in [0.5, 0.6) is 0 Å². The van der Waals surface area contributed by atoms with Crippen LogP contribution in [0.4, 0.5) is 4.79 Å². The van der Waals surface area contributed by atoms with Gasteiger partial charge in [-0.3, -0.25) is 0 Å². The van der Waals surface area contributed by atoms with Crippen molar-refractivity contribution in [2.24, 2.45) is 28.7 Å². The number of carbonyl (C=O) groups is 2. The van der Waals surface area contributed by atoms with Gasteiger partial charge in [0.2, 0.25) is 0 Å². The lowest BCUT2D eigenvalue weighted by Crippen LogP contribution is -2.85. The van der Waals surface area contributed by atoms with Crippen molar-refractivity contribution in [2.75, 3.05) is 5.75 Å². The summed E-state index contributed by atoms with van der Waals surface area (Å²) in [7, 11) is 0. The van der Waals surface area contributed by atoms with Crippen molar-refractivity contribution >= 4 is 23.8 Å². The average Bonchev–Trinajstić information content (AvgIpc) is 2.89. The third-order valence-corrected chi connectivity index (χ3v) is 5.57. The SMILES string of the molecule is NC(C[C@@H]1SC[C@@H]2NC(=O)N[C@@H]21)C(N)(N)C(N)(N)C(=O)O. The first-order valence-corrected chi connectivity index (χ1v) is 7.45. The van der Waals surface area contributed by atoms with E-state index in [0.717, 1.165) is 5.75 Å². The van der Waals surface area contributed by atoms with Crippen LogP contribution in [0.25, 0.3) is 0 Å². The van der Waals surface area contributed by atoms with Gasteiger partial charge in [-0.25, -0.2) is 9.59 Å². The van der Waals surface area contributed by atoms with E-state index in [1.54, 1.807) is 11.8 Å². The first-order valence-electron chi connectivity index (χ1n) is 6.40. The monoisotopic (exact) mass is 319 g/mol. The molecule has 2 heterocycles. The largest absolute Gasteiger partial charge is 0.479 e. The lowest BCUT2D eigenvalue weighted by atomic mass is 9.85. The molecule has 2 fully saturated rings. The number of rotatable bonds is 5.